The molecule has 1 saturated heterocycles. The molecular formula is C6H10FO5. The Morgan fingerprint density at radius 2 is 1.83 bits per heavy atom. The molecule has 0 aromatic carbocycles. The van der Waals surface area contributed by atoms with Crippen molar-refractivity contribution in [1.29, 1.82) is 0 Å². The Bertz CT molecular complexity index is 153. The van der Waals surface area contributed by atoms with Crippen LogP contribution in [0, 0.1) is 6.61 Å². The number of ether oxygens (including phenoxy) is 1. The number of rotatable bonds is 1. The Morgan fingerprint density at radius 1 is 1.25 bits per heavy atom. The molecule has 1 heterocycles. The van der Waals surface area contributed by atoms with E-state index in [2.05, 4.69) is 4.74 Å². The van der Waals surface area contributed by atoms with E-state index < -0.39 is 30.8 Å². The van der Waals surface area contributed by atoms with Crippen LogP contribution < -0.4 is 0 Å². The summed E-state index contributed by atoms with van der Waals surface area (Å²) in [4.78, 5) is 0. The minimum absolute atomic E-state index is 0.769. The van der Waals surface area contributed by atoms with Crippen LogP contribution in [0.3, 0.4) is 0 Å². The Labute approximate surface area is 68.0 Å². The molecule has 0 spiro atoms. The summed E-state index contributed by atoms with van der Waals surface area (Å²) in [5.41, 5.74) is 0. The van der Waals surface area contributed by atoms with Gasteiger partial charge in [-0.2, -0.15) is 0 Å². The van der Waals surface area contributed by atoms with Crippen LogP contribution >= 0.6 is 0 Å². The molecule has 6 heteroatoms. The molecule has 71 valence electrons. The Hall–Kier alpha value is -0.270. The van der Waals surface area contributed by atoms with Gasteiger partial charge >= 0.3 is 0 Å². The fourth-order valence-corrected chi connectivity index (χ4v) is 0.956. The van der Waals surface area contributed by atoms with Gasteiger partial charge in [0.15, 0.2) is 0 Å². The minimum atomic E-state index is -2.39. The van der Waals surface area contributed by atoms with E-state index in [-0.39, 0.29) is 0 Å². The van der Waals surface area contributed by atoms with Crippen molar-refractivity contribution in [3.63, 3.8) is 0 Å². The number of aliphatic hydroxyl groups excluding tert-OH is 4. The van der Waals surface area contributed by atoms with Crippen LogP contribution in [0.25, 0.3) is 0 Å². The summed E-state index contributed by atoms with van der Waals surface area (Å²) >= 11 is 0. The van der Waals surface area contributed by atoms with E-state index in [0.29, 0.717) is 0 Å². The first-order valence-corrected chi connectivity index (χ1v) is 3.39. The summed E-state index contributed by atoms with van der Waals surface area (Å²) in [5, 5.41) is 35.2. The predicted molar refractivity (Wildman–Crippen MR) is 34.3 cm³/mol. The highest BCUT2D eigenvalue weighted by atomic mass is 19.1. The first-order valence-electron chi connectivity index (χ1n) is 3.39. The van der Waals surface area contributed by atoms with Crippen molar-refractivity contribution in [3.05, 3.63) is 6.61 Å². The molecule has 5 atom stereocenters. The maximum absolute atomic E-state index is 12.2. The minimum Gasteiger partial charge on any atom is -0.387 e. The summed E-state index contributed by atoms with van der Waals surface area (Å²) in [5.74, 6) is 0. The third kappa shape index (κ3) is 1.73. The first kappa shape index (κ1) is 9.82. The van der Waals surface area contributed by atoms with Gasteiger partial charge in [-0.3, -0.25) is 0 Å². The van der Waals surface area contributed by atoms with Crippen LogP contribution in [-0.2, 0) is 4.74 Å². The van der Waals surface area contributed by atoms with E-state index in [1.165, 1.54) is 0 Å². The zero-order valence-electron chi connectivity index (χ0n) is 6.04. The molecule has 12 heavy (non-hydrogen) atoms. The maximum atomic E-state index is 12.2. The molecule has 1 rings (SSSR count). The molecule has 0 saturated carbocycles. The molecule has 1 fully saturated rings. The number of alkyl halides is 1. The van der Waals surface area contributed by atoms with Crippen LogP contribution in [0.1, 0.15) is 0 Å². The van der Waals surface area contributed by atoms with Gasteiger partial charge in [-0.25, -0.2) is 4.39 Å². The number of halogens is 1. The standard InChI is InChI=1S/C6H10FO5/c7-6(11)5-4(10)3(9)2(8)1-12-5/h1-6,8-11H/t2-,3+,4-,5-,6?/m0/s1. The molecule has 0 aromatic heterocycles. The van der Waals surface area contributed by atoms with E-state index in [1.807, 2.05) is 0 Å². The van der Waals surface area contributed by atoms with E-state index in [0.717, 1.165) is 6.61 Å². The average molecular weight is 181 g/mol. The quantitative estimate of drug-likeness (QED) is 0.372. The summed E-state index contributed by atoms with van der Waals surface area (Å²) in [7, 11) is 0. The molecule has 0 bridgehead atoms. The van der Waals surface area contributed by atoms with Crippen molar-refractivity contribution in [1.82, 2.24) is 0 Å². The van der Waals surface area contributed by atoms with Gasteiger partial charge in [0.05, 0.1) is 0 Å². The van der Waals surface area contributed by atoms with Gasteiger partial charge in [0, 0.05) is 0 Å². The van der Waals surface area contributed by atoms with Crippen LogP contribution in [-0.4, -0.2) is 51.2 Å². The summed E-state index contributed by atoms with van der Waals surface area (Å²) in [6, 6.07) is 0. The van der Waals surface area contributed by atoms with Crippen LogP contribution in [0.2, 0.25) is 0 Å². The lowest BCUT2D eigenvalue weighted by Crippen LogP contribution is -2.54. The van der Waals surface area contributed by atoms with Gasteiger partial charge in [-0.15, -0.1) is 0 Å². The normalized spacial score (nSPS) is 45.8. The number of hydrogen-bond acceptors (Lipinski definition) is 5. The van der Waals surface area contributed by atoms with Crippen molar-refractivity contribution in [2.24, 2.45) is 0 Å². The highest BCUT2D eigenvalue weighted by molar-refractivity contribution is 4.92. The van der Waals surface area contributed by atoms with Crippen molar-refractivity contribution < 1.29 is 29.6 Å². The third-order valence-corrected chi connectivity index (χ3v) is 1.68. The lowest BCUT2D eigenvalue weighted by Gasteiger charge is -2.34. The fourth-order valence-electron chi connectivity index (χ4n) is 0.956. The van der Waals surface area contributed by atoms with Gasteiger partial charge in [-0.1, -0.05) is 0 Å². The SMILES string of the molecule is OC(F)[C@H]1O[CH][C@H](O)[C@@H](O)[C@@H]1O. The number of aliphatic hydroxyl groups is 4. The van der Waals surface area contributed by atoms with Crippen molar-refractivity contribution in [2.45, 2.75) is 30.8 Å². The van der Waals surface area contributed by atoms with E-state index in [9.17, 15) is 4.39 Å². The molecule has 0 amide bonds. The lowest BCUT2D eigenvalue weighted by atomic mass is 10.0. The molecule has 5 nitrogen and oxygen atoms in total. The van der Waals surface area contributed by atoms with Crippen LogP contribution in [0.4, 0.5) is 4.39 Å². The zero-order chi connectivity index (χ0) is 9.30. The number of hydrogen-bond donors (Lipinski definition) is 4. The van der Waals surface area contributed by atoms with E-state index in [4.69, 9.17) is 20.4 Å². The van der Waals surface area contributed by atoms with Gasteiger partial charge in [-0.05, 0) is 0 Å². The second kappa shape index (κ2) is 3.63. The molecule has 4 N–H and O–H groups in total. The summed E-state index contributed by atoms with van der Waals surface area (Å²) < 4.78 is 16.6. The summed E-state index contributed by atoms with van der Waals surface area (Å²) in [6.07, 6.45) is -8.46. The average Bonchev–Trinajstić information content (AvgIpc) is 2.00. The Morgan fingerprint density at radius 3 is 2.33 bits per heavy atom. The molecule has 1 radical (unpaired) electrons. The molecule has 0 aliphatic carbocycles. The summed E-state index contributed by atoms with van der Waals surface area (Å²) in [6.45, 7) is 0.769. The molecular weight excluding hydrogens is 171 g/mol. The topological polar surface area (TPSA) is 90.2 Å². The fraction of sp³-hybridized carbons (Fsp3) is 0.833. The largest absolute Gasteiger partial charge is 0.387 e. The molecule has 1 aliphatic rings. The smallest absolute Gasteiger partial charge is 0.225 e. The van der Waals surface area contributed by atoms with Gasteiger partial charge in [0.25, 0.3) is 0 Å². The molecule has 0 aromatic rings. The molecule has 1 aliphatic heterocycles. The zero-order valence-corrected chi connectivity index (χ0v) is 6.04. The molecule has 1 unspecified atom stereocenters. The lowest BCUT2D eigenvalue weighted by molar-refractivity contribution is -0.208. The second-order valence-electron chi connectivity index (χ2n) is 2.58. The van der Waals surface area contributed by atoms with Gasteiger partial charge < -0.3 is 25.2 Å². The van der Waals surface area contributed by atoms with Crippen molar-refractivity contribution >= 4 is 0 Å². The first-order chi connectivity index (χ1) is 5.54. The van der Waals surface area contributed by atoms with Crippen molar-refractivity contribution in [2.75, 3.05) is 0 Å². The monoisotopic (exact) mass is 181 g/mol. The van der Waals surface area contributed by atoms with Gasteiger partial charge in [0.1, 0.15) is 31.0 Å². The predicted octanol–water partition coefficient (Wildman–Crippen LogP) is -2.08. The highest BCUT2D eigenvalue weighted by Crippen LogP contribution is 2.20. The maximum Gasteiger partial charge on any atom is 0.225 e. The van der Waals surface area contributed by atoms with Crippen LogP contribution in [0.5, 0.6) is 0 Å². The Balaban J connectivity index is 2.58. The second-order valence-corrected chi connectivity index (χ2v) is 2.58. The third-order valence-electron chi connectivity index (χ3n) is 1.68. The van der Waals surface area contributed by atoms with Crippen LogP contribution in [0.15, 0.2) is 0 Å². The highest BCUT2D eigenvalue weighted by Gasteiger charge is 2.41. The van der Waals surface area contributed by atoms with E-state index >= 15 is 0 Å². The van der Waals surface area contributed by atoms with Gasteiger partial charge in [0.2, 0.25) is 6.36 Å². The Kier molecular flexibility index (Phi) is 2.97. The van der Waals surface area contributed by atoms with E-state index in [1.54, 1.807) is 0 Å². The van der Waals surface area contributed by atoms with Crippen molar-refractivity contribution in [3.8, 4) is 0 Å².